The van der Waals surface area contributed by atoms with Crippen molar-refractivity contribution >= 4 is 17.2 Å². The molecule has 6 nitrogen and oxygen atoms in total. The fourth-order valence-electron chi connectivity index (χ4n) is 4.63. The van der Waals surface area contributed by atoms with Gasteiger partial charge in [0.05, 0.1) is 11.7 Å². The fourth-order valence-corrected chi connectivity index (χ4v) is 5.38. The fraction of sp³-hybridized carbons (Fsp3) is 0.375. The van der Waals surface area contributed by atoms with E-state index in [-0.39, 0.29) is 17.5 Å². The van der Waals surface area contributed by atoms with Crippen molar-refractivity contribution in [1.29, 1.82) is 0 Å². The van der Waals surface area contributed by atoms with Crippen LogP contribution in [0.2, 0.25) is 0 Å². The van der Waals surface area contributed by atoms with Crippen LogP contribution in [0.5, 0.6) is 0 Å². The monoisotopic (exact) mass is 434 g/mol. The summed E-state index contributed by atoms with van der Waals surface area (Å²) < 4.78 is 0. The Balaban J connectivity index is 1.42. The summed E-state index contributed by atoms with van der Waals surface area (Å²) in [6.45, 7) is 3.09. The number of likely N-dealkylation sites (tertiary alicyclic amines) is 1. The number of hydrogen-bond donors (Lipinski definition) is 1. The number of H-pyrrole nitrogens is 1. The number of aromatic amines is 1. The second-order valence-corrected chi connectivity index (χ2v) is 9.32. The molecule has 160 valence electrons. The molecule has 2 aromatic heterocycles. The molecule has 1 fully saturated rings. The lowest BCUT2D eigenvalue weighted by molar-refractivity contribution is 0.0598. The van der Waals surface area contributed by atoms with Gasteiger partial charge < -0.3 is 9.88 Å². The molecule has 31 heavy (non-hydrogen) atoms. The van der Waals surface area contributed by atoms with E-state index in [9.17, 15) is 9.59 Å². The largest absolute Gasteiger partial charge is 0.328 e. The van der Waals surface area contributed by atoms with Crippen LogP contribution in [-0.2, 0) is 19.5 Å². The van der Waals surface area contributed by atoms with E-state index in [1.807, 2.05) is 35.2 Å². The van der Waals surface area contributed by atoms with Gasteiger partial charge in [0, 0.05) is 42.2 Å². The zero-order valence-electron chi connectivity index (χ0n) is 17.4. The number of fused-ring (bicyclic) bond motifs is 1. The van der Waals surface area contributed by atoms with Gasteiger partial charge in [-0.25, -0.2) is 4.98 Å². The third kappa shape index (κ3) is 4.20. The Morgan fingerprint density at radius 2 is 2.00 bits per heavy atom. The van der Waals surface area contributed by atoms with E-state index in [0.29, 0.717) is 30.9 Å². The zero-order chi connectivity index (χ0) is 21.2. The Hall–Kier alpha value is -2.77. The molecule has 0 aliphatic carbocycles. The van der Waals surface area contributed by atoms with Gasteiger partial charge in [0.2, 0.25) is 0 Å². The molecule has 1 amide bonds. The third-order valence-corrected chi connectivity index (χ3v) is 7.09. The van der Waals surface area contributed by atoms with Crippen molar-refractivity contribution in [3.05, 3.63) is 85.7 Å². The minimum absolute atomic E-state index is 0.00462. The summed E-state index contributed by atoms with van der Waals surface area (Å²) in [6, 6.07) is 13.4. The van der Waals surface area contributed by atoms with E-state index in [1.165, 1.54) is 4.88 Å². The summed E-state index contributed by atoms with van der Waals surface area (Å²) in [5.74, 6) is 0.635. The number of thiophene rings is 1. The molecule has 2 aliphatic rings. The van der Waals surface area contributed by atoms with E-state index in [0.717, 1.165) is 43.6 Å². The summed E-state index contributed by atoms with van der Waals surface area (Å²) >= 11 is 1.75. The number of benzene rings is 1. The number of carbonyl (C=O) groups excluding carboxylic acids is 1. The second kappa shape index (κ2) is 8.77. The average Bonchev–Trinajstić information content (AvgIpc) is 3.32. The van der Waals surface area contributed by atoms with Crippen molar-refractivity contribution < 1.29 is 4.79 Å². The van der Waals surface area contributed by atoms with E-state index in [2.05, 4.69) is 27.4 Å². The number of piperidine rings is 1. The van der Waals surface area contributed by atoms with Crippen molar-refractivity contribution in [2.45, 2.75) is 44.8 Å². The van der Waals surface area contributed by atoms with Gasteiger partial charge in [-0.2, -0.15) is 0 Å². The van der Waals surface area contributed by atoms with Gasteiger partial charge in [-0.1, -0.05) is 24.3 Å². The highest BCUT2D eigenvalue weighted by Gasteiger charge is 2.32. The first-order chi connectivity index (χ1) is 15.2. The number of hydrogen-bond acceptors (Lipinski definition) is 5. The highest BCUT2D eigenvalue weighted by Crippen LogP contribution is 2.31. The van der Waals surface area contributed by atoms with Crippen molar-refractivity contribution in [3.63, 3.8) is 0 Å². The molecule has 0 saturated carbocycles. The van der Waals surface area contributed by atoms with E-state index < -0.39 is 0 Å². The summed E-state index contributed by atoms with van der Waals surface area (Å²) in [6.07, 6.45) is 3.52. The normalized spacial score (nSPS) is 19.2. The number of carbonyl (C=O) groups is 1. The van der Waals surface area contributed by atoms with Gasteiger partial charge in [0.25, 0.3) is 11.5 Å². The SMILES string of the molecule is O=C(c1ccccc1)N1CCCC[C@H]1c1nc2c(c(=O)[nH]1)CCN(Cc1cccs1)C2. The topological polar surface area (TPSA) is 69.3 Å². The molecule has 7 heteroatoms. The minimum atomic E-state index is -0.188. The maximum absolute atomic E-state index is 13.2. The number of nitrogens with one attached hydrogen (secondary N) is 1. The Bertz CT molecular complexity index is 1110. The molecule has 3 aromatic rings. The molecule has 2 aliphatic heterocycles. The number of nitrogens with zero attached hydrogens (tertiary/aromatic N) is 3. The maximum atomic E-state index is 13.2. The van der Waals surface area contributed by atoms with Crippen molar-refractivity contribution in [2.75, 3.05) is 13.1 Å². The zero-order valence-corrected chi connectivity index (χ0v) is 18.2. The van der Waals surface area contributed by atoms with Gasteiger partial charge >= 0.3 is 0 Å². The molecular formula is C24H26N4O2S. The summed E-state index contributed by atoms with van der Waals surface area (Å²) in [7, 11) is 0. The van der Waals surface area contributed by atoms with Gasteiger partial charge in [-0.3, -0.25) is 14.5 Å². The molecule has 0 unspecified atom stereocenters. The summed E-state index contributed by atoms with van der Waals surface area (Å²) in [5.41, 5.74) is 2.28. The van der Waals surface area contributed by atoms with Crippen LogP contribution in [0.25, 0.3) is 0 Å². The maximum Gasteiger partial charge on any atom is 0.254 e. The summed E-state index contributed by atoms with van der Waals surface area (Å²) in [5, 5.41) is 2.09. The van der Waals surface area contributed by atoms with Crippen LogP contribution >= 0.6 is 11.3 Å². The van der Waals surface area contributed by atoms with Crippen LogP contribution in [0, 0.1) is 0 Å². The Kier molecular flexibility index (Phi) is 5.70. The molecule has 1 atom stereocenters. The van der Waals surface area contributed by atoms with Gasteiger partial charge in [-0.15, -0.1) is 11.3 Å². The molecule has 4 heterocycles. The van der Waals surface area contributed by atoms with Crippen LogP contribution in [0.3, 0.4) is 0 Å². The molecule has 5 rings (SSSR count). The first kappa shape index (κ1) is 20.2. The first-order valence-electron chi connectivity index (χ1n) is 10.9. The molecule has 0 bridgehead atoms. The predicted molar refractivity (Wildman–Crippen MR) is 121 cm³/mol. The van der Waals surface area contributed by atoms with Crippen LogP contribution in [0.4, 0.5) is 0 Å². The van der Waals surface area contributed by atoms with Gasteiger partial charge in [0.1, 0.15) is 5.82 Å². The lowest BCUT2D eigenvalue weighted by Crippen LogP contribution is -2.41. The lowest BCUT2D eigenvalue weighted by Gasteiger charge is -2.36. The van der Waals surface area contributed by atoms with E-state index >= 15 is 0 Å². The smallest absolute Gasteiger partial charge is 0.254 e. The van der Waals surface area contributed by atoms with Gasteiger partial charge in [0.15, 0.2) is 0 Å². The molecule has 0 radical (unpaired) electrons. The first-order valence-corrected chi connectivity index (χ1v) is 11.8. The standard InChI is InChI=1S/C24H26N4O2S/c29-23-19-11-13-27(15-18-9-6-14-31-18)16-20(19)25-22(26-23)21-10-4-5-12-28(21)24(30)17-7-2-1-3-8-17/h1-3,6-9,14,21H,4-5,10-13,15-16H2,(H,25,26,29)/t21-/m0/s1. The molecule has 0 spiro atoms. The van der Waals surface area contributed by atoms with Crippen LogP contribution in [0.15, 0.2) is 52.6 Å². The quantitative estimate of drug-likeness (QED) is 0.679. The number of rotatable bonds is 4. The molecular weight excluding hydrogens is 408 g/mol. The predicted octanol–water partition coefficient (Wildman–Crippen LogP) is 3.76. The van der Waals surface area contributed by atoms with Crippen LogP contribution in [-0.4, -0.2) is 38.8 Å². The molecule has 1 aromatic carbocycles. The van der Waals surface area contributed by atoms with Crippen LogP contribution < -0.4 is 5.56 Å². The second-order valence-electron chi connectivity index (χ2n) is 8.29. The third-order valence-electron chi connectivity index (χ3n) is 6.23. The average molecular weight is 435 g/mol. The Morgan fingerprint density at radius 3 is 2.81 bits per heavy atom. The minimum Gasteiger partial charge on any atom is -0.328 e. The Morgan fingerprint density at radius 1 is 1.13 bits per heavy atom. The number of aromatic nitrogens is 2. The lowest BCUT2D eigenvalue weighted by atomic mass is 9.99. The number of amides is 1. The highest BCUT2D eigenvalue weighted by atomic mass is 32.1. The van der Waals surface area contributed by atoms with Crippen LogP contribution in [0.1, 0.15) is 57.6 Å². The van der Waals surface area contributed by atoms with Crippen molar-refractivity contribution in [1.82, 2.24) is 19.8 Å². The van der Waals surface area contributed by atoms with Gasteiger partial charge in [-0.05, 0) is 49.3 Å². The van der Waals surface area contributed by atoms with E-state index in [1.54, 1.807) is 11.3 Å². The molecule has 1 N–H and O–H groups in total. The van der Waals surface area contributed by atoms with E-state index in [4.69, 9.17) is 4.98 Å². The van der Waals surface area contributed by atoms with Crippen molar-refractivity contribution in [3.8, 4) is 0 Å². The van der Waals surface area contributed by atoms with Crippen molar-refractivity contribution in [2.24, 2.45) is 0 Å². The molecule has 1 saturated heterocycles. The summed E-state index contributed by atoms with van der Waals surface area (Å²) in [4.78, 5) is 39.6. The highest BCUT2D eigenvalue weighted by molar-refractivity contribution is 7.09. The Labute approximate surface area is 185 Å².